The molecule has 0 rings (SSSR count). The molecule has 0 amide bonds. The van der Waals surface area contributed by atoms with Gasteiger partial charge in [0.15, 0.2) is 0 Å². The lowest BCUT2D eigenvalue weighted by molar-refractivity contribution is -0.870. The van der Waals surface area contributed by atoms with Gasteiger partial charge in [-0.1, -0.05) is 6.58 Å². The SMILES string of the molecule is C=C(C)C(=O)[O-].C[N+](C)(C)CCOP=O. The molecule has 0 unspecified atom stereocenters. The third-order valence-electron chi connectivity index (χ3n) is 1.25. The summed E-state index contributed by atoms with van der Waals surface area (Å²) in [6.07, 6.45) is 0. The Hall–Kier alpha value is -0.770. The Labute approximate surface area is 92.2 Å². The highest BCUT2D eigenvalue weighted by Gasteiger charge is 2.04. The number of carbonyl (C=O) groups excluding carboxylic acids is 1. The van der Waals surface area contributed by atoms with Crippen LogP contribution in [0.5, 0.6) is 0 Å². The zero-order valence-electron chi connectivity index (χ0n) is 9.65. The molecule has 0 fully saturated rings. The fourth-order valence-electron chi connectivity index (χ4n) is 0.352. The number of quaternary nitrogens is 1. The van der Waals surface area contributed by atoms with E-state index in [1.54, 1.807) is 0 Å². The molecule has 0 N–H and O–H groups in total. The van der Waals surface area contributed by atoms with Crippen molar-refractivity contribution in [3.05, 3.63) is 12.2 Å². The number of hydrogen-bond acceptors (Lipinski definition) is 4. The molecule has 88 valence electrons. The maximum atomic E-state index is 9.76. The van der Waals surface area contributed by atoms with Crippen molar-refractivity contribution < 1.29 is 23.5 Å². The molecule has 5 nitrogen and oxygen atoms in total. The highest BCUT2D eigenvalue weighted by molar-refractivity contribution is 7.17. The van der Waals surface area contributed by atoms with Crippen molar-refractivity contribution in [1.82, 2.24) is 0 Å². The first-order valence-electron chi connectivity index (χ1n) is 4.32. The molecule has 0 spiro atoms. The van der Waals surface area contributed by atoms with Crippen molar-refractivity contribution in [2.45, 2.75) is 6.92 Å². The maximum absolute atomic E-state index is 9.76. The Morgan fingerprint density at radius 1 is 1.47 bits per heavy atom. The van der Waals surface area contributed by atoms with E-state index in [4.69, 9.17) is 0 Å². The summed E-state index contributed by atoms with van der Waals surface area (Å²) in [6.45, 7) is 5.91. The molecular formula is C9H18NO4P. The minimum Gasteiger partial charge on any atom is -0.545 e. The molecule has 0 aromatic carbocycles. The van der Waals surface area contributed by atoms with Crippen molar-refractivity contribution in [3.8, 4) is 0 Å². The number of hydrogen-bond donors (Lipinski definition) is 0. The fourth-order valence-corrected chi connectivity index (χ4v) is 0.508. The molecule has 0 saturated heterocycles. The summed E-state index contributed by atoms with van der Waals surface area (Å²) in [5, 5.41) is 9.49. The Morgan fingerprint density at radius 2 is 1.87 bits per heavy atom. The van der Waals surface area contributed by atoms with Gasteiger partial charge < -0.3 is 14.4 Å². The summed E-state index contributed by atoms with van der Waals surface area (Å²) in [5.74, 6) is -1.19. The van der Waals surface area contributed by atoms with Crippen molar-refractivity contribution >= 4 is 14.7 Å². The van der Waals surface area contributed by atoms with Gasteiger partial charge in [0, 0.05) is 0 Å². The lowest BCUT2D eigenvalue weighted by Gasteiger charge is -2.22. The van der Waals surface area contributed by atoms with E-state index in [2.05, 4.69) is 32.2 Å². The third-order valence-corrected chi connectivity index (χ3v) is 1.54. The molecule has 0 saturated carbocycles. The summed E-state index contributed by atoms with van der Waals surface area (Å²) >= 11 is 0. The van der Waals surface area contributed by atoms with E-state index >= 15 is 0 Å². The standard InChI is InChI=1S/C5H13NO2P.C4H6O2/c1-6(2,3)4-5-8-9-7;1-3(2)4(5)6/h4-5H2,1-3H3;1H2,2H3,(H,5,6)/q+1;/p-1. The zero-order valence-corrected chi connectivity index (χ0v) is 10.5. The lowest BCUT2D eigenvalue weighted by Crippen LogP contribution is -2.37. The normalized spacial score (nSPS) is 10.4. The first kappa shape index (κ1) is 16.7. The van der Waals surface area contributed by atoms with E-state index < -0.39 is 5.97 Å². The van der Waals surface area contributed by atoms with Crippen LogP contribution in [-0.4, -0.2) is 44.7 Å². The van der Waals surface area contributed by atoms with Gasteiger partial charge in [-0.2, -0.15) is 0 Å². The van der Waals surface area contributed by atoms with Gasteiger partial charge in [0.05, 0.1) is 27.1 Å². The second-order valence-corrected chi connectivity index (χ2v) is 4.40. The zero-order chi connectivity index (χ0) is 12.5. The van der Waals surface area contributed by atoms with Gasteiger partial charge in [-0.05, 0) is 12.5 Å². The van der Waals surface area contributed by atoms with Crippen LogP contribution >= 0.6 is 8.69 Å². The van der Waals surface area contributed by atoms with Crippen molar-refractivity contribution in [3.63, 3.8) is 0 Å². The van der Waals surface area contributed by atoms with Crippen LogP contribution in [0.25, 0.3) is 0 Å². The first-order chi connectivity index (χ1) is 6.70. The van der Waals surface area contributed by atoms with Crippen LogP contribution in [0.4, 0.5) is 0 Å². The summed E-state index contributed by atoms with van der Waals surface area (Å²) in [5.41, 5.74) is 0.0648. The molecule has 0 aliphatic carbocycles. The number of carboxylic acid groups (broad SMARTS) is 1. The largest absolute Gasteiger partial charge is 0.545 e. The van der Waals surface area contributed by atoms with E-state index in [1.165, 1.54) is 6.92 Å². The van der Waals surface area contributed by atoms with Crippen LogP contribution in [0.15, 0.2) is 12.2 Å². The molecule has 15 heavy (non-hydrogen) atoms. The third kappa shape index (κ3) is 19.6. The number of aliphatic carboxylic acids is 1. The van der Waals surface area contributed by atoms with Crippen molar-refractivity contribution in [2.75, 3.05) is 34.3 Å². The highest BCUT2D eigenvalue weighted by atomic mass is 31.1. The van der Waals surface area contributed by atoms with Crippen LogP contribution in [0.3, 0.4) is 0 Å². The van der Waals surface area contributed by atoms with Crippen molar-refractivity contribution in [2.24, 2.45) is 0 Å². The number of carboxylic acids is 1. The van der Waals surface area contributed by atoms with Gasteiger partial charge in [-0.25, -0.2) is 4.57 Å². The predicted octanol–water partition coefficient (Wildman–Crippen LogP) is 0.228. The number of nitrogens with zero attached hydrogens (tertiary/aromatic N) is 1. The average Bonchev–Trinajstić information content (AvgIpc) is 2.03. The minimum absolute atomic E-state index is 0.0648. The minimum atomic E-state index is -1.19. The van der Waals surface area contributed by atoms with Crippen molar-refractivity contribution in [1.29, 1.82) is 0 Å². The van der Waals surface area contributed by atoms with Gasteiger partial charge in [0.25, 0.3) is 0 Å². The van der Waals surface area contributed by atoms with Crippen LogP contribution < -0.4 is 5.11 Å². The van der Waals surface area contributed by atoms with E-state index in [-0.39, 0.29) is 14.3 Å². The Bertz CT molecular complexity index is 211. The predicted molar refractivity (Wildman–Crippen MR) is 56.3 cm³/mol. The first-order valence-corrected chi connectivity index (χ1v) is 5.05. The molecule has 0 aliphatic rings. The topological polar surface area (TPSA) is 66.4 Å². The van der Waals surface area contributed by atoms with Crippen LogP contribution in [-0.2, 0) is 13.9 Å². The molecule has 6 heteroatoms. The summed E-state index contributed by atoms with van der Waals surface area (Å²) < 4.78 is 15.2. The van der Waals surface area contributed by atoms with Gasteiger partial charge in [-0.15, -0.1) is 0 Å². The van der Waals surface area contributed by atoms with Gasteiger partial charge in [0.1, 0.15) is 13.2 Å². The molecule has 0 atom stereocenters. The molecule has 0 bridgehead atoms. The average molecular weight is 235 g/mol. The van der Waals surface area contributed by atoms with Gasteiger partial charge in [0.2, 0.25) is 0 Å². The second kappa shape index (κ2) is 8.53. The lowest BCUT2D eigenvalue weighted by atomic mass is 10.4. The van der Waals surface area contributed by atoms with Crippen LogP contribution in [0.1, 0.15) is 6.92 Å². The van der Waals surface area contributed by atoms with Crippen LogP contribution in [0, 0.1) is 0 Å². The van der Waals surface area contributed by atoms with Gasteiger partial charge >= 0.3 is 8.69 Å². The molecule has 0 aliphatic heterocycles. The number of carbonyl (C=O) groups is 1. The number of rotatable bonds is 5. The Balaban J connectivity index is 0. The quantitative estimate of drug-likeness (QED) is 0.296. The van der Waals surface area contributed by atoms with E-state index in [0.717, 1.165) is 11.0 Å². The van der Waals surface area contributed by atoms with Crippen LogP contribution in [0.2, 0.25) is 0 Å². The molecule has 0 radical (unpaired) electrons. The smallest absolute Gasteiger partial charge is 0.327 e. The van der Waals surface area contributed by atoms with E-state index in [1.807, 2.05) is 0 Å². The van der Waals surface area contributed by atoms with E-state index in [0.29, 0.717) is 6.61 Å². The number of likely N-dealkylation sites (N-methyl/N-ethyl adjacent to an activating group) is 1. The highest BCUT2D eigenvalue weighted by Crippen LogP contribution is 1.96. The van der Waals surface area contributed by atoms with Gasteiger partial charge in [-0.3, -0.25) is 4.52 Å². The monoisotopic (exact) mass is 235 g/mol. The fraction of sp³-hybridized carbons (Fsp3) is 0.667. The Kier molecular flexibility index (Phi) is 9.47. The molecule has 0 aromatic heterocycles. The molecular weight excluding hydrogens is 217 g/mol. The Morgan fingerprint density at radius 3 is 2.07 bits per heavy atom. The van der Waals surface area contributed by atoms with E-state index in [9.17, 15) is 14.5 Å². The summed E-state index contributed by atoms with van der Waals surface area (Å²) in [7, 11) is 5.96. The molecule has 0 heterocycles. The second-order valence-electron chi connectivity index (χ2n) is 3.99. The maximum Gasteiger partial charge on any atom is 0.327 e. The molecule has 0 aromatic rings. The summed E-state index contributed by atoms with van der Waals surface area (Å²) in [4.78, 5) is 9.49. The summed E-state index contributed by atoms with van der Waals surface area (Å²) in [6, 6.07) is 0.